The van der Waals surface area contributed by atoms with Crippen LogP contribution in [0.5, 0.6) is 0 Å². The molecular weight excluding hydrogens is 260 g/mol. The molecule has 0 aromatic heterocycles. The van der Waals surface area contributed by atoms with Gasteiger partial charge in [-0.2, -0.15) is 0 Å². The highest BCUT2D eigenvalue weighted by Gasteiger charge is 2.24. The second-order valence-electron chi connectivity index (χ2n) is 5.30. The number of aliphatic hydroxyl groups excluding tert-OH is 1. The summed E-state index contributed by atoms with van der Waals surface area (Å²) in [7, 11) is 0. The zero-order valence-corrected chi connectivity index (χ0v) is 12.9. The molecule has 1 aliphatic heterocycles. The monoisotopic (exact) mass is 284 g/mol. The van der Waals surface area contributed by atoms with Gasteiger partial charge in [0.05, 0.1) is 12.6 Å². The van der Waals surface area contributed by atoms with E-state index < -0.39 is 0 Å². The van der Waals surface area contributed by atoms with E-state index >= 15 is 0 Å². The summed E-state index contributed by atoms with van der Waals surface area (Å²) in [4.78, 5) is 2.39. The van der Waals surface area contributed by atoms with Crippen LogP contribution in [-0.4, -0.2) is 42.8 Å². The number of hydrogen-bond acceptors (Lipinski definition) is 3. The van der Waals surface area contributed by atoms with Crippen molar-refractivity contribution >= 4 is 12.4 Å². The van der Waals surface area contributed by atoms with Gasteiger partial charge in [0.25, 0.3) is 0 Å². The quantitative estimate of drug-likeness (QED) is 0.891. The van der Waals surface area contributed by atoms with Crippen LogP contribution in [0.25, 0.3) is 0 Å². The lowest BCUT2D eigenvalue weighted by Gasteiger charge is -2.35. The number of aryl methyl sites for hydroxylation is 3. The summed E-state index contributed by atoms with van der Waals surface area (Å²) in [6, 6.07) is 4.58. The van der Waals surface area contributed by atoms with Crippen LogP contribution in [0.2, 0.25) is 0 Å². The number of benzene rings is 1. The van der Waals surface area contributed by atoms with Crippen molar-refractivity contribution in [2.45, 2.75) is 26.8 Å². The summed E-state index contributed by atoms with van der Waals surface area (Å²) in [5, 5.41) is 13.1. The molecule has 0 bridgehead atoms. The summed E-state index contributed by atoms with van der Waals surface area (Å²) in [6.45, 7) is 10.7. The van der Waals surface area contributed by atoms with Crippen molar-refractivity contribution in [2.24, 2.45) is 0 Å². The van der Waals surface area contributed by atoms with Crippen LogP contribution in [0.15, 0.2) is 12.1 Å². The number of rotatable bonds is 3. The molecule has 0 saturated carbocycles. The highest BCUT2D eigenvalue weighted by molar-refractivity contribution is 5.85. The molecule has 0 spiro atoms. The van der Waals surface area contributed by atoms with Gasteiger partial charge in [0.15, 0.2) is 0 Å². The summed E-state index contributed by atoms with van der Waals surface area (Å²) in [5.74, 6) is 0. The molecule has 1 fully saturated rings. The molecule has 1 atom stereocenters. The number of halogens is 1. The molecule has 0 unspecified atom stereocenters. The van der Waals surface area contributed by atoms with E-state index in [1.807, 2.05) is 0 Å². The summed E-state index contributed by atoms with van der Waals surface area (Å²) in [6.07, 6.45) is 0. The third-order valence-corrected chi connectivity index (χ3v) is 3.84. The van der Waals surface area contributed by atoms with Crippen molar-refractivity contribution in [1.29, 1.82) is 0 Å². The Labute approximate surface area is 122 Å². The molecule has 1 heterocycles. The highest BCUT2D eigenvalue weighted by Crippen LogP contribution is 2.28. The molecular formula is C15H25ClN2O. The third kappa shape index (κ3) is 3.69. The molecule has 1 aromatic rings. The lowest BCUT2D eigenvalue weighted by atomic mass is 9.93. The van der Waals surface area contributed by atoms with Crippen molar-refractivity contribution in [3.05, 3.63) is 34.4 Å². The predicted molar refractivity (Wildman–Crippen MR) is 82.2 cm³/mol. The second kappa shape index (κ2) is 7.25. The molecule has 1 aliphatic rings. The topological polar surface area (TPSA) is 35.5 Å². The Balaban J connectivity index is 0.00000180. The van der Waals surface area contributed by atoms with E-state index in [1.165, 1.54) is 22.3 Å². The van der Waals surface area contributed by atoms with Crippen molar-refractivity contribution in [1.82, 2.24) is 10.2 Å². The fourth-order valence-electron chi connectivity index (χ4n) is 3.10. The van der Waals surface area contributed by atoms with Crippen molar-refractivity contribution in [2.75, 3.05) is 32.8 Å². The smallest absolute Gasteiger partial charge is 0.0628 e. The van der Waals surface area contributed by atoms with E-state index in [-0.39, 0.29) is 25.1 Å². The molecule has 1 saturated heterocycles. The van der Waals surface area contributed by atoms with Crippen LogP contribution in [0.1, 0.15) is 28.3 Å². The normalized spacial score (nSPS) is 17.9. The van der Waals surface area contributed by atoms with Gasteiger partial charge in [-0.25, -0.2) is 0 Å². The van der Waals surface area contributed by atoms with Gasteiger partial charge in [0.2, 0.25) is 0 Å². The first-order chi connectivity index (χ1) is 8.63. The zero-order valence-electron chi connectivity index (χ0n) is 12.1. The van der Waals surface area contributed by atoms with Crippen LogP contribution in [0.3, 0.4) is 0 Å². The molecule has 2 rings (SSSR count). The standard InChI is InChI=1S/C15H24N2O.ClH/c1-11-8-12(2)15(13(3)9-11)14(10-18)17-6-4-16-5-7-17;/h8-9,14,16,18H,4-7,10H2,1-3H3;1H/t14-;/m1./s1. The van der Waals surface area contributed by atoms with E-state index in [4.69, 9.17) is 0 Å². The van der Waals surface area contributed by atoms with Gasteiger partial charge >= 0.3 is 0 Å². The first-order valence-electron chi connectivity index (χ1n) is 6.77. The molecule has 1 aromatic carbocycles. The Morgan fingerprint density at radius 2 is 1.68 bits per heavy atom. The van der Waals surface area contributed by atoms with E-state index in [0.29, 0.717) is 0 Å². The maximum atomic E-state index is 9.79. The first-order valence-corrected chi connectivity index (χ1v) is 6.77. The summed E-state index contributed by atoms with van der Waals surface area (Å²) in [5.41, 5.74) is 5.20. The average Bonchev–Trinajstić information content (AvgIpc) is 2.34. The fourth-order valence-corrected chi connectivity index (χ4v) is 3.10. The molecule has 19 heavy (non-hydrogen) atoms. The minimum Gasteiger partial charge on any atom is -0.394 e. The number of nitrogens with zero attached hydrogens (tertiary/aromatic N) is 1. The third-order valence-electron chi connectivity index (χ3n) is 3.84. The molecule has 3 nitrogen and oxygen atoms in total. The van der Waals surface area contributed by atoms with Crippen LogP contribution < -0.4 is 5.32 Å². The Morgan fingerprint density at radius 3 is 2.16 bits per heavy atom. The van der Waals surface area contributed by atoms with Crippen molar-refractivity contribution in [3.63, 3.8) is 0 Å². The molecule has 2 N–H and O–H groups in total. The van der Waals surface area contributed by atoms with Crippen molar-refractivity contribution in [3.8, 4) is 0 Å². The molecule has 108 valence electrons. The minimum absolute atomic E-state index is 0. The predicted octanol–water partition coefficient (Wildman–Crippen LogP) is 1.97. The van der Waals surface area contributed by atoms with Gasteiger partial charge in [-0.05, 0) is 37.5 Å². The lowest BCUT2D eigenvalue weighted by Crippen LogP contribution is -2.46. The molecule has 0 aliphatic carbocycles. The number of aliphatic hydroxyl groups is 1. The maximum Gasteiger partial charge on any atom is 0.0628 e. The van der Waals surface area contributed by atoms with Gasteiger partial charge in [-0.15, -0.1) is 12.4 Å². The maximum absolute atomic E-state index is 9.79. The SMILES string of the molecule is Cc1cc(C)c([C@@H](CO)N2CCNCC2)c(C)c1.Cl. The lowest BCUT2D eigenvalue weighted by molar-refractivity contribution is 0.110. The molecule has 0 radical (unpaired) electrons. The Bertz CT molecular complexity index is 394. The van der Waals surface area contributed by atoms with E-state index in [9.17, 15) is 5.11 Å². The van der Waals surface area contributed by atoms with Crippen LogP contribution in [0.4, 0.5) is 0 Å². The largest absolute Gasteiger partial charge is 0.394 e. The van der Waals surface area contributed by atoms with Crippen LogP contribution in [-0.2, 0) is 0 Å². The van der Waals surface area contributed by atoms with E-state index in [1.54, 1.807) is 0 Å². The van der Waals surface area contributed by atoms with E-state index in [0.717, 1.165) is 26.2 Å². The first kappa shape index (κ1) is 16.4. The van der Waals surface area contributed by atoms with Gasteiger partial charge in [-0.1, -0.05) is 17.7 Å². The van der Waals surface area contributed by atoms with Crippen LogP contribution >= 0.6 is 12.4 Å². The Kier molecular flexibility index (Phi) is 6.27. The molecule has 0 amide bonds. The van der Waals surface area contributed by atoms with Gasteiger partial charge in [0.1, 0.15) is 0 Å². The highest BCUT2D eigenvalue weighted by atomic mass is 35.5. The Hall–Kier alpha value is -0.610. The summed E-state index contributed by atoms with van der Waals surface area (Å²) < 4.78 is 0. The number of nitrogens with one attached hydrogen (secondary N) is 1. The zero-order chi connectivity index (χ0) is 13.1. The fraction of sp³-hybridized carbons (Fsp3) is 0.600. The average molecular weight is 285 g/mol. The van der Waals surface area contributed by atoms with E-state index in [2.05, 4.69) is 43.1 Å². The number of hydrogen-bond donors (Lipinski definition) is 2. The Morgan fingerprint density at radius 1 is 1.16 bits per heavy atom. The summed E-state index contributed by atoms with van der Waals surface area (Å²) >= 11 is 0. The minimum atomic E-state index is 0. The molecule has 4 heteroatoms. The van der Waals surface area contributed by atoms with Crippen LogP contribution in [0, 0.1) is 20.8 Å². The van der Waals surface area contributed by atoms with Crippen molar-refractivity contribution < 1.29 is 5.11 Å². The second-order valence-corrected chi connectivity index (χ2v) is 5.30. The van der Waals surface area contributed by atoms with Gasteiger partial charge < -0.3 is 10.4 Å². The van der Waals surface area contributed by atoms with Gasteiger partial charge in [-0.3, -0.25) is 4.90 Å². The number of piperazine rings is 1. The van der Waals surface area contributed by atoms with Gasteiger partial charge in [0, 0.05) is 26.2 Å².